The summed E-state index contributed by atoms with van der Waals surface area (Å²) in [7, 11) is 0. The fourth-order valence-corrected chi connectivity index (χ4v) is 8.72. The van der Waals surface area contributed by atoms with Crippen LogP contribution in [-0.4, -0.2) is 141 Å². The third-order valence-electron chi connectivity index (χ3n) is 12.2. The van der Waals surface area contributed by atoms with Gasteiger partial charge in [-0.15, -0.1) is 0 Å². The van der Waals surface area contributed by atoms with E-state index in [2.05, 4.69) is 5.32 Å². The van der Waals surface area contributed by atoms with Gasteiger partial charge in [-0.05, 0) is 51.4 Å². The predicted octanol–water partition coefficient (Wildman–Crippen LogP) is 4.73. The quantitative estimate of drug-likeness (QED) is 0.113. The van der Waals surface area contributed by atoms with E-state index in [1.807, 2.05) is 0 Å². The van der Waals surface area contributed by atoms with Gasteiger partial charge in [0.1, 0.15) is 36.6 Å². The largest absolute Gasteiger partial charge is 0.394 e. The van der Waals surface area contributed by atoms with Gasteiger partial charge < -0.3 is 58.5 Å². The summed E-state index contributed by atoms with van der Waals surface area (Å²) in [6, 6.07) is -1.04. The zero-order valence-electron chi connectivity index (χ0n) is 33.7. The fourth-order valence-electron chi connectivity index (χ4n) is 8.72. The predicted molar refractivity (Wildman–Crippen MR) is 206 cm³/mol. The molecule has 320 valence electrons. The van der Waals surface area contributed by atoms with Crippen molar-refractivity contribution in [3.8, 4) is 0 Å². The molecule has 55 heavy (non-hydrogen) atoms. The molecule has 1 heterocycles. The van der Waals surface area contributed by atoms with Gasteiger partial charge in [-0.25, -0.2) is 0 Å². The van der Waals surface area contributed by atoms with E-state index in [1.165, 1.54) is 84.0 Å². The highest BCUT2D eigenvalue weighted by molar-refractivity contribution is 5.73. The molecule has 0 aromatic rings. The maximum absolute atomic E-state index is 12.1. The first-order chi connectivity index (χ1) is 26.9. The Hall–Kier alpha value is -0.970. The van der Waals surface area contributed by atoms with E-state index in [0.717, 1.165) is 51.4 Å². The molecule has 5 rings (SSSR count). The van der Waals surface area contributed by atoms with Crippen LogP contribution in [0, 0.1) is 5.92 Å². The van der Waals surface area contributed by atoms with Crippen molar-refractivity contribution in [1.29, 1.82) is 0 Å². The standard InChI is InChI=1S/C42H75NO12/c1-30(45)43-39-41(47)40(46)38(22-44)55-42(39)54-25-31(23-48-36(26-50-32-14-6-2-7-15-32)27-51-33-16-8-3-9-17-33)24-49-37(28-52-34-18-10-4-11-19-34)29-53-35-20-12-5-13-21-35/h31-42,44,46-47H,2-29H2,1H3,(H,43,45)/t38-,39-,40-,41-,42+/m1/s1. The van der Waals surface area contributed by atoms with Crippen LogP contribution in [0.15, 0.2) is 0 Å². The van der Waals surface area contributed by atoms with Crippen molar-refractivity contribution >= 4 is 5.91 Å². The minimum absolute atomic E-state index is 0.0983. The number of carbonyl (C=O) groups excluding carboxylic acids is 1. The third kappa shape index (κ3) is 16.3. The normalized spacial score (nSPS) is 28.4. The van der Waals surface area contributed by atoms with Crippen LogP contribution in [0.1, 0.15) is 135 Å². The van der Waals surface area contributed by atoms with E-state index >= 15 is 0 Å². The van der Waals surface area contributed by atoms with E-state index in [-0.39, 0.29) is 62.4 Å². The lowest BCUT2D eigenvalue weighted by atomic mass is 9.97. The first-order valence-corrected chi connectivity index (χ1v) is 22.1. The molecular weight excluding hydrogens is 710 g/mol. The first-order valence-electron chi connectivity index (χ1n) is 22.1. The minimum Gasteiger partial charge on any atom is -0.394 e. The van der Waals surface area contributed by atoms with E-state index in [0.29, 0.717) is 26.4 Å². The summed E-state index contributed by atoms with van der Waals surface area (Å²) in [5.41, 5.74) is 0. The monoisotopic (exact) mass is 786 g/mol. The van der Waals surface area contributed by atoms with Gasteiger partial charge in [0.25, 0.3) is 0 Å². The molecule has 13 nitrogen and oxygen atoms in total. The summed E-state index contributed by atoms with van der Waals surface area (Å²) in [5, 5.41) is 34.0. The second kappa shape index (κ2) is 25.5. The molecule has 0 aromatic heterocycles. The van der Waals surface area contributed by atoms with Gasteiger partial charge >= 0.3 is 0 Å². The lowest BCUT2D eigenvalue weighted by Gasteiger charge is -2.42. The Balaban J connectivity index is 1.25. The topological polar surface area (TPSA) is 164 Å². The average molecular weight is 786 g/mol. The molecule has 0 spiro atoms. The molecule has 5 aliphatic rings. The summed E-state index contributed by atoms with van der Waals surface area (Å²) in [6.07, 6.45) is 18.5. The number of rotatable bonds is 23. The van der Waals surface area contributed by atoms with Crippen LogP contribution in [0.2, 0.25) is 0 Å². The lowest BCUT2D eigenvalue weighted by molar-refractivity contribution is -0.274. The third-order valence-corrected chi connectivity index (χ3v) is 12.2. The summed E-state index contributed by atoms with van der Waals surface area (Å²) < 4.78 is 51.1. The molecule has 0 aromatic carbocycles. The molecule has 4 N–H and O–H groups in total. The van der Waals surface area contributed by atoms with Crippen LogP contribution in [0.5, 0.6) is 0 Å². The maximum Gasteiger partial charge on any atom is 0.217 e. The highest BCUT2D eigenvalue weighted by atomic mass is 16.7. The van der Waals surface area contributed by atoms with Crippen molar-refractivity contribution in [2.45, 2.75) is 203 Å². The Kier molecular flexibility index (Phi) is 20.9. The fraction of sp³-hybridized carbons (Fsp3) is 0.976. The van der Waals surface area contributed by atoms with Gasteiger partial charge in [0.2, 0.25) is 5.91 Å². The number of nitrogens with one attached hydrogen (secondary N) is 1. The summed E-state index contributed by atoms with van der Waals surface area (Å²) in [6.45, 7) is 3.23. The van der Waals surface area contributed by atoms with Crippen LogP contribution in [-0.2, 0) is 42.7 Å². The molecule has 0 bridgehead atoms. The van der Waals surface area contributed by atoms with Crippen molar-refractivity contribution in [3.63, 3.8) is 0 Å². The van der Waals surface area contributed by atoms with Crippen molar-refractivity contribution in [2.24, 2.45) is 5.92 Å². The molecule has 1 amide bonds. The number of amides is 1. The molecule has 0 radical (unpaired) electrons. The average Bonchev–Trinajstić information content (AvgIpc) is 3.22. The molecule has 1 aliphatic heterocycles. The van der Waals surface area contributed by atoms with Crippen LogP contribution < -0.4 is 5.32 Å². The SMILES string of the molecule is CC(=O)N[C@H]1[C@@H](OCC(COC(COC2CCCCC2)COC2CCCCC2)COC(COC2CCCCC2)COC2CCCCC2)O[C@H](CO)[C@@H](O)[C@@H]1O. The van der Waals surface area contributed by atoms with Gasteiger partial charge in [-0.2, -0.15) is 0 Å². The minimum atomic E-state index is -1.40. The Morgan fingerprint density at radius 1 is 0.564 bits per heavy atom. The second-order valence-corrected chi connectivity index (χ2v) is 16.9. The zero-order chi connectivity index (χ0) is 38.7. The smallest absolute Gasteiger partial charge is 0.217 e. The van der Waals surface area contributed by atoms with E-state index in [9.17, 15) is 20.1 Å². The highest BCUT2D eigenvalue weighted by Crippen LogP contribution is 2.26. The van der Waals surface area contributed by atoms with Crippen LogP contribution in [0.25, 0.3) is 0 Å². The second-order valence-electron chi connectivity index (χ2n) is 16.9. The van der Waals surface area contributed by atoms with Gasteiger partial charge in [-0.3, -0.25) is 4.79 Å². The van der Waals surface area contributed by atoms with E-state index in [1.54, 1.807) is 0 Å². The Morgan fingerprint density at radius 2 is 0.945 bits per heavy atom. The van der Waals surface area contributed by atoms with Crippen molar-refractivity contribution < 1.29 is 58.0 Å². The number of carbonyl (C=O) groups is 1. The highest BCUT2D eigenvalue weighted by Gasteiger charge is 2.45. The molecule has 5 atom stereocenters. The number of hydrogen-bond donors (Lipinski definition) is 4. The van der Waals surface area contributed by atoms with Crippen molar-refractivity contribution in [3.05, 3.63) is 0 Å². The molecular formula is C42H75NO12. The Morgan fingerprint density at radius 3 is 1.29 bits per heavy atom. The van der Waals surface area contributed by atoms with Crippen molar-refractivity contribution in [2.75, 3.05) is 52.9 Å². The number of aliphatic hydroxyl groups is 3. The number of ether oxygens (including phenoxy) is 8. The summed E-state index contributed by atoms with van der Waals surface area (Å²) in [4.78, 5) is 12.1. The molecule has 0 unspecified atom stereocenters. The van der Waals surface area contributed by atoms with Crippen LogP contribution >= 0.6 is 0 Å². The van der Waals surface area contributed by atoms with E-state index in [4.69, 9.17) is 37.9 Å². The summed E-state index contributed by atoms with van der Waals surface area (Å²) >= 11 is 0. The maximum atomic E-state index is 12.1. The molecule has 5 fully saturated rings. The zero-order valence-corrected chi connectivity index (χ0v) is 33.7. The number of hydrogen-bond acceptors (Lipinski definition) is 12. The lowest BCUT2D eigenvalue weighted by Crippen LogP contribution is -2.64. The number of aliphatic hydroxyl groups excluding tert-OH is 3. The molecule has 4 aliphatic carbocycles. The Bertz CT molecular complexity index is 920. The van der Waals surface area contributed by atoms with Gasteiger partial charge in [0.15, 0.2) is 6.29 Å². The van der Waals surface area contributed by atoms with Gasteiger partial charge in [0, 0.05) is 12.8 Å². The molecule has 13 heteroatoms. The van der Waals surface area contributed by atoms with Crippen LogP contribution in [0.4, 0.5) is 0 Å². The first kappa shape index (κ1) is 45.1. The van der Waals surface area contributed by atoms with Gasteiger partial charge in [0.05, 0.1) is 77.3 Å². The van der Waals surface area contributed by atoms with E-state index < -0.39 is 43.2 Å². The summed E-state index contributed by atoms with van der Waals surface area (Å²) in [5.74, 6) is -0.700. The van der Waals surface area contributed by atoms with Crippen molar-refractivity contribution in [1.82, 2.24) is 5.32 Å². The van der Waals surface area contributed by atoms with Crippen LogP contribution in [0.3, 0.4) is 0 Å². The van der Waals surface area contributed by atoms with Gasteiger partial charge in [-0.1, -0.05) is 77.0 Å². The Labute approximate surface area is 330 Å². The molecule has 1 saturated heterocycles. The molecule has 4 saturated carbocycles.